The number of rotatable bonds is 8. The highest BCUT2D eigenvalue weighted by Crippen LogP contribution is 2.25. The zero-order chi connectivity index (χ0) is 20.5. The van der Waals surface area contributed by atoms with Crippen LogP contribution >= 0.6 is 35.6 Å². The lowest BCUT2D eigenvalue weighted by molar-refractivity contribution is 0.181. The molecule has 8 heteroatoms. The quantitative estimate of drug-likeness (QED) is 0.223. The zero-order valence-corrected chi connectivity index (χ0v) is 21.5. The van der Waals surface area contributed by atoms with Gasteiger partial charge in [0.2, 0.25) is 0 Å². The van der Waals surface area contributed by atoms with Crippen LogP contribution in [0, 0.1) is 5.92 Å². The van der Waals surface area contributed by atoms with Crippen molar-refractivity contribution in [1.82, 2.24) is 20.5 Å². The summed E-state index contributed by atoms with van der Waals surface area (Å²) < 4.78 is 0. The number of hydrogen-bond donors (Lipinski definition) is 2. The molecular weight excluding hydrogens is 511 g/mol. The molecule has 0 radical (unpaired) electrons. The molecule has 2 N–H and O–H groups in total. The molecule has 1 aromatic rings. The first-order valence-electron chi connectivity index (χ1n) is 11.3. The molecule has 6 nitrogen and oxygen atoms in total. The van der Waals surface area contributed by atoms with Gasteiger partial charge in [-0.3, -0.25) is 4.99 Å². The van der Waals surface area contributed by atoms with Crippen LogP contribution in [0.4, 0.5) is 5.82 Å². The summed E-state index contributed by atoms with van der Waals surface area (Å²) in [4.78, 5) is 14.1. The molecule has 2 atom stereocenters. The van der Waals surface area contributed by atoms with E-state index >= 15 is 0 Å². The minimum Gasteiger partial charge on any atom is -0.357 e. The zero-order valence-electron chi connectivity index (χ0n) is 18.4. The lowest BCUT2D eigenvalue weighted by Crippen LogP contribution is -2.44. The maximum absolute atomic E-state index is 6.31. The third kappa shape index (κ3) is 8.04. The molecule has 170 valence electrons. The molecule has 0 aliphatic carbocycles. The highest BCUT2D eigenvalue weighted by atomic mass is 127. The number of guanidine groups is 1. The number of nitrogens with one attached hydrogen (secondary N) is 2. The summed E-state index contributed by atoms with van der Waals surface area (Å²) in [5.41, 5.74) is 0. The summed E-state index contributed by atoms with van der Waals surface area (Å²) in [5, 5.41) is 7.71. The smallest absolute Gasteiger partial charge is 0.191 e. The number of aliphatic imine (C=N–C) groups is 1. The highest BCUT2D eigenvalue weighted by molar-refractivity contribution is 14.0. The first-order chi connectivity index (χ1) is 14.2. The summed E-state index contributed by atoms with van der Waals surface area (Å²) in [7, 11) is 0. The first-order valence-corrected chi connectivity index (χ1v) is 11.7. The predicted octanol–water partition coefficient (Wildman–Crippen LogP) is 4.00. The van der Waals surface area contributed by atoms with Gasteiger partial charge in [-0.15, -0.1) is 24.0 Å². The van der Waals surface area contributed by atoms with Crippen LogP contribution in [0.3, 0.4) is 0 Å². The molecule has 2 aliphatic rings. The molecule has 2 aliphatic heterocycles. The van der Waals surface area contributed by atoms with E-state index in [1.54, 1.807) is 6.20 Å². The molecule has 2 unspecified atom stereocenters. The van der Waals surface area contributed by atoms with Gasteiger partial charge in [-0.05, 0) is 70.2 Å². The van der Waals surface area contributed by atoms with Gasteiger partial charge >= 0.3 is 0 Å². The van der Waals surface area contributed by atoms with Crippen molar-refractivity contribution >= 4 is 47.4 Å². The number of aromatic nitrogens is 1. The van der Waals surface area contributed by atoms with Crippen molar-refractivity contribution in [3.63, 3.8) is 0 Å². The largest absolute Gasteiger partial charge is 0.357 e. The van der Waals surface area contributed by atoms with Crippen LogP contribution in [0.25, 0.3) is 0 Å². The Morgan fingerprint density at radius 3 is 2.90 bits per heavy atom. The number of hydrogen-bond acceptors (Lipinski definition) is 4. The average molecular weight is 549 g/mol. The third-order valence-corrected chi connectivity index (χ3v) is 6.10. The van der Waals surface area contributed by atoms with E-state index in [0.29, 0.717) is 6.04 Å². The summed E-state index contributed by atoms with van der Waals surface area (Å²) in [5.74, 6) is 2.67. The molecule has 0 bridgehead atoms. The second kappa shape index (κ2) is 13.6. The predicted molar refractivity (Wildman–Crippen MR) is 138 cm³/mol. The van der Waals surface area contributed by atoms with Gasteiger partial charge < -0.3 is 20.4 Å². The fraction of sp³-hybridized carbons (Fsp3) is 0.727. The van der Waals surface area contributed by atoms with Crippen molar-refractivity contribution in [2.45, 2.75) is 52.0 Å². The molecule has 2 fully saturated rings. The van der Waals surface area contributed by atoms with Gasteiger partial charge in [0.25, 0.3) is 0 Å². The van der Waals surface area contributed by atoms with Crippen molar-refractivity contribution in [3.05, 3.63) is 23.4 Å². The molecule has 0 aromatic carbocycles. The first kappa shape index (κ1) is 25.5. The van der Waals surface area contributed by atoms with Gasteiger partial charge in [0.1, 0.15) is 5.82 Å². The van der Waals surface area contributed by atoms with Crippen molar-refractivity contribution in [2.24, 2.45) is 10.9 Å². The maximum atomic E-state index is 6.31. The van der Waals surface area contributed by atoms with Gasteiger partial charge in [-0.2, -0.15) is 0 Å². The average Bonchev–Trinajstić information content (AvgIpc) is 3.16. The Bertz CT molecular complexity index is 658. The third-order valence-electron chi connectivity index (χ3n) is 5.81. The standard InChI is InChI=1S/C22H37ClN6.HI/c1-3-24-22(26-11-4-5-13-28-14-7-8-18(2)16-28)27-19-10-15-29(17-19)21-20(23)9-6-12-25-21;/h6,9,12,18-19H,3-5,7-8,10-11,13-17H2,1-2H3,(H2,24,26,27);1H. The van der Waals surface area contributed by atoms with Crippen molar-refractivity contribution in [3.8, 4) is 0 Å². The van der Waals surface area contributed by atoms with Crippen LogP contribution in [0.5, 0.6) is 0 Å². The van der Waals surface area contributed by atoms with Crippen LogP contribution in [-0.2, 0) is 0 Å². The van der Waals surface area contributed by atoms with Crippen LogP contribution in [0.1, 0.15) is 46.0 Å². The number of unbranched alkanes of at least 4 members (excludes halogenated alkanes) is 1. The summed E-state index contributed by atoms with van der Waals surface area (Å²) in [6.07, 6.45) is 7.98. The molecule has 2 saturated heterocycles. The van der Waals surface area contributed by atoms with E-state index in [1.807, 2.05) is 12.1 Å². The molecule has 30 heavy (non-hydrogen) atoms. The van der Waals surface area contributed by atoms with Crippen molar-refractivity contribution < 1.29 is 0 Å². The number of pyridine rings is 1. The molecule has 3 heterocycles. The molecule has 0 amide bonds. The second-order valence-corrected chi connectivity index (χ2v) is 8.81. The molecule has 3 rings (SSSR count). The van der Waals surface area contributed by atoms with Crippen LogP contribution in [0.15, 0.2) is 23.3 Å². The monoisotopic (exact) mass is 548 g/mol. The summed E-state index contributed by atoms with van der Waals surface area (Å²) >= 11 is 6.31. The number of anilines is 1. The Morgan fingerprint density at radius 1 is 1.27 bits per heavy atom. The summed E-state index contributed by atoms with van der Waals surface area (Å²) in [6, 6.07) is 4.14. The van der Waals surface area contributed by atoms with E-state index in [1.165, 1.54) is 38.9 Å². The van der Waals surface area contributed by atoms with Crippen LogP contribution in [-0.4, -0.2) is 67.7 Å². The SMILES string of the molecule is CCNC(=NCCCCN1CCCC(C)C1)NC1CCN(c2ncccc2Cl)C1.I. The minimum atomic E-state index is 0. The van der Waals surface area contributed by atoms with Crippen LogP contribution < -0.4 is 15.5 Å². The Hall–Kier alpha value is -0.800. The molecule has 0 spiro atoms. The Labute approximate surface area is 204 Å². The Kier molecular flexibility index (Phi) is 11.5. The Morgan fingerprint density at radius 2 is 2.13 bits per heavy atom. The van der Waals surface area contributed by atoms with Gasteiger partial charge in [0, 0.05) is 45.0 Å². The fourth-order valence-electron chi connectivity index (χ4n) is 4.32. The fourth-order valence-corrected chi connectivity index (χ4v) is 4.56. The topological polar surface area (TPSA) is 55.8 Å². The van der Waals surface area contributed by atoms with E-state index in [4.69, 9.17) is 16.6 Å². The molecule has 0 saturated carbocycles. The number of halogens is 2. The highest BCUT2D eigenvalue weighted by Gasteiger charge is 2.25. The molecular formula is C22H38ClIN6. The summed E-state index contributed by atoms with van der Waals surface area (Å²) in [6.45, 7) is 11.9. The lowest BCUT2D eigenvalue weighted by atomic mass is 10.0. The van der Waals surface area contributed by atoms with E-state index < -0.39 is 0 Å². The van der Waals surface area contributed by atoms with E-state index in [-0.39, 0.29) is 24.0 Å². The normalized spacial score (nSPS) is 22.6. The van der Waals surface area contributed by atoms with E-state index in [0.717, 1.165) is 61.7 Å². The van der Waals surface area contributed by atoms with Crippen molar-refractivity contribution in [1.29, 1.82) is 0 Å². The minimum absolute atomic E-state index is 0. The second-order valence-electron chi connectivity index (χ2n) is 8.40. The Balaban J connectivity index is 0.00000320. The number of likely N-dealkylation sites (tertiary alicyclic amines) is 1. The molecule has 1 aromatic heterocycles. The van der Waals surface area contributed by atoms with E-state index in [2.05, 4.69) is 39.3 Å². The van der Waals surface area contributed by atoms with Gasteiger partial charge in [0.15, 0.2) is 5.96 Å². The lowest BCUT2D eigenvalue weighted by Gasteiger charge is -2.30. The number of piperidine rings is 1. The van der Waals surface area contributed by atoms with E-state index in [9.17, 15) is 0 Å². The van der Waals surface area contributed by atoms with Gasteiger partial charge in [-0.1, -0.05) is 18.5 Å². The van der Waals surface area contributed by atoms with Gasteiger partial charge in [0.05, 0.1) is 5.02 Å². The maximum Gasteiger partial charge on any atom is 0.191 e. The number of nitrogens with zero attached hydrogens (tertiary/aromatic N) is 4. The van der Waals surface area contributed by atoms with Gasteiger partial charge in [-0.25, -0.2) is 4.98 Å². The van der Waals surface area contributed by atoms with Crippen LogP contribution in [0.2, 0.25) is 5.02 Å². The van der Waals surface area contributed by atoms with Crippen molar-refractivity contribution in [2.75, 3.05) is 50.7 Å².